The highest BCUT2D eigenvalue weighted by Gasteiger charge is 2.32. The fourth-order valence-electron chi connectivity index (χ4n) is 5.23. The number of nitrogens with zero attached hydrogens (tertiary/aromatic N) is 1. The average molecular weight is 490 g/mol. The van der Waals surface area contributed by atoms with E-state index in [2.05, 4.69) is 38.1 Å². The zero-order valence-electron chi connectivity index (χ0n) is 21.3. The van der Waals surface area contributed by atoms with Gasteiger partial charge in [-0.05, 0) is 63.7 Å². The van der Waals surface area contributed by atoms with Crippen LogP contribution in [0.25, 0.3) is 0 Å². The number of amides is 3. The third-order valence-electron chi connectivity index (χ3n) is 6.95. The lowest BCUT2D eigenvalue weighted by atomic mass is 9.88. The van der Waals surface area contributed by atoms with Gasteiger partial charge in [0.05, 0.1) is 19.8 Å². The van der Waals surface area contributed by atoms with Gasteiger partial charge in [0.1, 0.15) is 0 Å². The predicted molar refractivity (Wildman–Crippen MR) is 136 cm³/mol. The van der Waals surface area contributed by atoms with Crippen LogP contribution in [-0.2, 0) is 9.47 Å². The van der Waals surface area contributed by atoms with Crippen molar-refractivity contribution in [3.8, 4) is 0 Å². The van der Waals surface area contributed by atoms with Gasteiger partial charge < -0.3 is 35.6 Å². The van der Waals surface area contributed by atoms with Crippen molar-refractivity contribution in [1.82, 2.24) is 26.2 Å². The Kier molecular flexibility index (Phi) is 11.6. The molecule has 2 aliphatic heterocycles. The van der Waals surface area contributed by atoms with Crippen LogP contribution in [0.5, 0.6) is 0 Å². The number of carbonyl (C=O) groups excluding carboxylic acids is 2. The number of urea groups is 1. The molecule has 9 nitrogen and oxygen atoms in total. The van der Waals surface area contributed by atoms with E-state index in [9.17, 15) is 9.59 Å². The first-order valence-electron chi connectivity index (χ1n) is 13.0. The van der Waals surface area contributed by atoms with Crippen molar-refractivity contribution in [3.63, 3.8) is 0 Å². The molecule has 2 heterocycles. The Hall–Kier alpha value is -2.36. The lowest BCUT2D eigenvalue weighted by Gasteiger charge is -2.38. The van der Waals surface area contributed by atoms with Crippen molar-refractivity contribution in [3.05, 3.63) is 35.9 Å². The molecule has 9 heteroatoms. The minimum Gasteiger partial charge on any atom is -0.453 e. The summed E-state index contributed by atoms with van der Waals surface area (Å²) in [6.45, 7) is 5.03. The highest BCUT2D eigenvalue weighted by atomic mass is 16.5. The van der Waals surface area contributed by atoms with Crippen LogP contribution in [0.3, 0.4) is 0 Å². The second kappa shape index (κ2) is 14.9. The van der Waals surface area contributed by atoms with Crippen molar-refractivity contribution >= 4 is 12.1 Å². The number of hydrogen-bond acceptors (Lipinski definition) is 6. The Bertz CT molecular complexity index is 759. The van der Waals surface area contributed by atoms with Crippen molar-refractivity contribution in [2.24, 2.45) is 11.8 Å². The molecule has 1 aromatic rings. The highest BCUT2D eigenvalue weighted by molar-refractivity contribution is 5.74. The van der Waals surface area contributed by atoms with Gasteiger partial charge in [0.25, 0.3) is 0 Å². The number of rotatable bonds is 11. The van der Waals surface area contributed by atoms with Crippen LogP contribution in [-0.4, -0.2) is 83.1 Å². The van der Waals surface area contributed by atoms with Gasteiger partial charge in [-0.2, -0.15) is 0 Å². The summed E-state index contributed by atoms with van der Waals surface area (Å²) in [5, 5.41) is 12.7. The lowest BCUT2D eigenvalue weighted by Crippen LogP contribution is -2.52. The quantitative estimate of drug-likeness (QED) is 0.356. The predicted octanol–water partition coefficient (Wildman–Crippen LogP) is 2.50. The van der Waals surface area contributed by atoms with E-state index in [0.717, 1.165) is 51.0 Å². The van der Waals surface area contributed by atoms with Gasteiger partial charge in [-0.25, -0.2) is 9.59 Å². The summed E-state index contributed by atoms with van der Waals surface area (Å²) in [7, 11) is 3.28. The maximum atomic E-state index is 13.3. The molecule has 0 radical (unpaired) electrons. The van der Waals surface area contributed by atoms with Crippen LogP contribution in [0, 0.1) is 11.8 Å². The fraction of sp³-hybridized carbons (Fsp3) is 0.692. The molecule has 2 aliphatic rings. The summed E-state index contributed by atoms with van der Waals surface area (Å²) in [6.07, 6.45) is 4.72. The number of alkyl carbamates (subject to hydrolysis) is 1. The minimum atomic E-state index is -0.467. The molecule has 4 atom stereocenters. The van der Waals surface area contributed by atoms with Crippen LogP contribution < -0.4 is 21.3 Å². The van der Waals surface area contributed by atoms with E-state index >= 15 is 0 Å². The molecule has 2 saturated heterocycles. The van der Waals surface area contributed by atoms with Crippen LogP contribution in [0.4, 0.5) is 9.59 Å². The number of carbonyl (C=O) groups is 2. The van der Waals surface area contributed by atoms with E-state index in [-0.39, 0.29) is 24.1 Å². The van der Waals surface area contributed by atoms with Crippen molar-refractivity contribution < 1.29 is 19.1 Å². The fourth-order valence-corrected chi connectivity index (χ4v) is 5.23. The molecule has 0 aromatic heterocycles. The SMILES string of the molecule is CNC[C@H](C[C@H]1CCCNC1)NC(=O)N1CCC[C@@H]([C@@H](OCCNC(=O)OC)c2ccccc2)C1. The molecular weight excluding hydrogens is 446 g/mol. The van der Waals surface area contributed by atoms with Crippen molar-refractivity contribution in [2.75, 3.05) is 60.0 Å². The molecular formula is C26H43N5O4. The van der Waals surface area contributed by atoms with Crippen LogP contribution in [0.1, 0.15) is 43.8 Å². The van der Waals surface area contributed by atoms with E-state index in [1.54, 1.807) is 0 Å². The molecule has 3 rings (SSSR count). The average Bonchev–Trinajstić information content (AvgIpc) is 2.89. The third kappa shape index (κ3) is 8.98. The topological polar surface area (TPSA) is 104 Å². The smallest absolute Gasteiger partial charge is 0.406 e. The standard InChI is InChI=1S/C26H43N5O4/c1-27-18-23(16-20-8-6-12-28-17-20)30-25(32)31-14-7-11-22(19-31)24(21-9-4-3-5-10-21)35-15-13-29-26(33)34-2/h3-5,9-10,20,22-24,27-28H,6-8,11-19H2,1-2H3,(H,29,33)(H,30,32)/t20-,22-,23+,24+/m1/s1. The van der Waals surface area contributed by atoms with Gasteiger partial charge in [-0.1, -0.05) is 30.3 Å². The number of nitrogens with one attached hydrogen (secondary N) is 4. The molecule has 4 N–H and O–H groups in total. The zero-order chi connectivity index (χ0) is 24.9. The van der Waals surface area contributed by atoms with Gasteiger partial charge in [-0.3, -0.25) is 0 Å². The van der Waals surface area contributed by atoms with E-state index < -0.39 is 6.09 Å². The molecule has 0 bridgehead atoms. The van der Waals surface area contributed by atoms with Gasteiger partial charge in [-0.15, -0.1) is 0 Å². The number of likely N-dealkylation sites (N-methyl/N-ethyl adjacent to an activating group) is 1. The Labute approximate surface area is 209 Å². The van der Waals surface area contributed by atoms with E-state index in [1.807, 2.05) is 30.1 Å². The van der Waals surface area contributed by atoms with Crippen LogP contribution >= 0.6 is 0 Å². The molecule has 0 saturated carbocycles. The lowest BCUT2D eigenvalue weighted by molar-refractivity contribution is -0.00864. The Morgan fingerprint density at radius 3 is 2.74 bits per heavy atom. The summed E-state index contributed by atoms with van der Waals surface area (Å²) >= 11 is 0. The van der Waals surface area contributed by atoms with Crippen LogP contribution in [0.2, 0.25) is 0 Å². The minimum absolute atomic E-state index is 0.0119. The summed E-state index contributed by atoms with van der Waals surface area (Å²) in [5.41, 5.74) is 1.09. The number of piperidine rings is 2. The summed E-state index contributed by atoms with van der Waals surface area (Å²) in [5.74, 6) is 0.784. The maximum Gasteiger partial charge on any atom is 0.406 e. The molecule has 0 spiro atoms. The molecule has 0 aliphatic carbocycles. The van der Waals surface area contributed by atoms with Crippen molar-refractivity contribution in [1.29, 1.82) is 0 Å². The van der Waals surface area contributed by atoms with Gasteiger partial charge in [0.2, 0.25) is 0 Å². The monoisotopic (exact) mass is 489 g/mol. The van der Waals surface area contributed by atoms with E-state index in [0.29, 0.717) is 25.6 Å². The molecule has 0 unspecified atom stereocenters. The molecule has 196 valence electrons. The number of methoxy groups -OCH3 is 1. The zero-order valence-corrected chi connectivity index (χ0v) is 21.3. The Morgan fingerprint density at radius 1 is 1.20 bits per heavy atom. The number of benzene rings is 1. The second-order valence-corrected chi connectivity index (χ2v) is 9.62. The van der Waals surface area contributed by atoms with Gasteiger partial charge in [0.15, 0.2) is 0 Å². The van der Waals surface area contributed by atoms with Gasteiger partial charge >= 0.3 is 12.1 Å². The number of hydrogen-bond donors (Lipinski definition) is 4. The Morgan fingerprint density at radius 2 is 2.03 bits per heavy atom. The normalized spacial score (nSPS) is 22.2. The molecule has 1 aromatic carbocycles. The second-order valence-electron chi connectivity index (χ2n) is 9.62. The summed E-state index contributed by atoms with van der Waals surface area (Å²) in [4.78, 5) is 26.6. The summed E-state index contributed by atoms with van der Waals surface area (Å²) in [6, 6.07) is 10.3. The van der Waals surface area contributed by atoms with Gasteiger partial charge in [0, 0.05) is 38.1 Å². The largest absolute Gasteiger partial charge is 0.453 e. The first-order valence-corrected chi connectivity index (χ1v) is 13.0. The first-order chi connectivity index (χ1) is 17.1. The summed E-state index contributed by atoms with van der Waals surface area (Å²) < 4.78 is 10.9. The first kappa shape index (κ1) is 27.2. The van der Waals surface area contributed by atoms with E-state index in [4.69, 9.17) is 4.74 Å². The van der Waals surface area contributed by atoms with Crippen LogP contribution in [0.15, 0.2) is 30.3 Å². The number of ether oxygens (including phenoxy) is 2. The molecule has 35 heavy (non-hydrogen) atoms. The maximum absolute atomic E-state index is 13.3. The molecule has 3 amide bonds. The highest BCUT2D eigenvalue weighted by Crippen LogP contribution is 2.33. The Balaban J connectivity index is 1.59. The van der Waals surface area contributed by atoms with E-state index in [1.165, 1.54) is 20.0 Å². The third-order valence-corrected chi connectivity index (χ3v) is 6.95. The van der Waals surface area contributed by atoms with Crippen molar-refractivity contribution in [2.45, 2.75) is 44.2 Å². The molecule has 2 fully saturated rings. The number of likely N-dealkylation sites (tertiary alicyclic amines) is 1.